The summed E-state index contributed by atoms with van der Waals surface area (Å²) in [6, 6.07) is 14.5. The summed E-state index contributed by atoms with van der Waals surface area (Å²) in [6.45, 7) is 3.88. The molecule has 0 aliphatic carbocycles. The molecule has 150 valence electrons. The van der Waals surface area contributed by atoms with Gasteiger partial charge >= 0.3 is 0 Å². The summed E-state index contributed by atoms with van der Waals surface area (Å²) in [5.41, 5.74) is 9.04. The summed E-state index contributed by atoms with van der Waals surface area (Å²) in [5.74, 6) is 0. The van der Waals surface area contributed by atoms with Crippen molar-refractivity contribution in [2.75, 3.05) is 14.2 Å². The maximum absolute atomic E-state index is 4.70. The molecule has 5 rings (SSSR count). The molecule has 5 heteroatoms. The zero-order valence-electron chi connectivity index (χ0n) is 17.1. The average Bonchev–Trinajstić information content (AvgIpc) is 3.49. The number of aromatic nitrogens is 4. The van der Waals surface area contributed by atoms with Gasteiger partial charge in [0, 0.05) is 36.3 Å². The van der Waals surface area contributed by atoms with Crippen molar-refractivity contribution in [3.8, 4) is 0 Å². The Balaban J connectivity index is 0.000000687. The molecule has 0 saturated carbocycles. The monoisotopic (exact) mass is 396 g/mol. The second-order valence-corrected chi connectivity index (χ2v) is 7.10. The predicted octanol–water partition coefficient (Wildman–Crippen LogP) is 5.65. The highest BCUT2D eigenvalue weighted by Crippen LogP contribution is 2.20. The van der Waals surface area contributed by atoms with Crippen molar-refractivity contribution in [1.29, 1.82) is 0 Å². The number of hydrogen-bond donors (Lipinski definition) is 2. The third-order valence-electron chi connectivity index (χ3n) is 4.62. The average molecular weight is 396 g/mol. The number of H-pyrrole nitrogens is 2. The number of methoxy groups -OCH3 is 1. The van der Waals surface area contributed by atoms with Crippen LogP contribution in [-0.2, 0) is 11.2 Å². The number of ether oxygens (including phenoxy) is 1. The lowest BCUT2D eigenvalue weighted by Gasteiger charge is -1.90. The number of allylic oxidation sites excluding steroid dienone is 1. The summed E-state index contributed by atoms with van der Waals surface area (Å²) in [7, 11) is 3.25. The van der Waals surface area contributed by atoms with Crippen LogP contribution in [0.2, 0.25) is 0 Å². The van der Waals surface area contributed by atoms with Gasteiger partial charge in [-0.3, -0.25) is 0 Å². The second-order valence-electron chi connectivity index (χ2n) is 7.10. The number of fused-ring (bicyclic) bond motifs is 8. The van der Waals surface area contributed by atoms with Crippen LogP contribution in [0.5, 0.6) is 0 Å². The van der Waals surface area contributed by atoms with E-state index in [0.29, 0.717) is 0 Å². The summed E-state index contributed by atoms with van der Waals surface area (Å²) >= 11 is 0. The van der Waals surface area contributed by atoms with Crippen molar-refractivity contribution in [3.05, 3.63) is 83.5 Å². The first-order valence-electron chi connectivity index (χ1n) is 9.75. The highest BCUT2D eigenvalue weighted by Gasteiger charge is 2.04. The van der Waals surface area contributed by atoms with Gasteiger partial charge in [-0.25, -0.2) is 9.97 Å². The molecule has 0 aromatic carbocycles. The summed E-state index contributed by atoms with van der Waals surface area (Å²) < 4.78 is 4.25. The SMILES string of the molecule is C=CCc1cc2cc3ccc(cc4nc(cc5nc(cc1[nH]2)C=C5)C=C4)[nH]3.COC. The maximum atomic E-state index is 4.70. The van der Waals surface area contributed by atoms with Crippen LogP contribution in [0.1, 0.15) is 28.3 Å². The van der Waals surface area contributed by atoms with Crippen LogP contribution >= 0.6 is 0 Å². The molecule has 0 fully saturated rings. The minimum Gasteiger partial charge on any atom is -0.388 e. The van der Waals surface area contributed by atoms with Gasteiger partial charge in [-0.2, -0.15) is 0 Å². The molecule has 2 N–H and O–H groups in total. The van der Waals surface area contributed by atoms with Gasteiger partial charge in [-0.05, 0) is 78.8 Å². The highest BCUT2D eigenvalue weighted by molar-refractivity contribution is 5.78. The molecule has 0 unspecified atom stereocenters. The Kier molecular flexibility index (Phi) is 5.72. The summed E-state index contributed by atoms with van der Waals surface area (Å²) in [4.78, 5) is 16.3. The number of hydrogen-bond acceptors (Lipinski definition) is 3. The minimum absolute atomic E-state index is 0.805. The van der Waals surface area contributed by atoms with Gasteiger partial charge in [0.2, 0.25) is 0 Å². The molecule has 0 spiro atoms. The van der Waals surface area contributed by atoms with Crippen molar-refractivity contribution in [3.63, 3.8) is 0 Å². The van der Waals surface area contributed by atoms with Gasteiger partial charge in [0.25, 0.3) is 0 Å². The fourth-order valence-electron chi connectivity index (χ4n) is 3.40. The third-order valence-corrected chi connectivity index (χ3v) is 4.62. The molecule has 30 heavy (non-hydrogen) atoms. The molecule has 3 aromatic heterocycles. The lowest BCUT2D eigenvalue weighted by atomic mass is 10.2. The molecular weight excluding hydrogens is 372 g/mol. The first kappa shape index (κ1) is 19.6. The number of nitrogens with one attached hydrogen (secondary N) is 2. The van der Waals surface area contributed by atoms with Crippen LogP contribution in [0.4, 0.5) is 0 Å². The lowest BCUT2D eigenvalue weighted by Crippen LogP contribution is -1.79. The predicted molar refractivity (Wildman–Crippen MR) is 126 cm³/mol. The number of rotatable bonds is 2. The first-order valence-corrected chi connectivity index (χ1v) is 9.75. The second kappa shape index (κ2) is 8.76. The minimum atomic E-state index is 0.805. The molecule has 3 aromatic rings. The Bertz CT molecular complexity index is 1290. The van der Waals surface area contributed by atoms with E-state index >= 15 is 0 Å². The van der Waals surface area contributed by atoms with Crippen molar-refractivity contribution >= 4 is 46.4 Å². The highest BCUT2D eigenvalue weighted by atomic mass is 16.4. The van der Waals surface area contributed by atoms with E-state index in [4.69, 9.17) is 4.98 Å². The number of nitrogens with zero attached hydrogens (tertiary/aromatic N) is 2. The third kappa shape index (κ3) is 4.47. The molecule has 0 atom stereocenters. The van der Waals surface area contributed by atoms with Gasteiger partial charge in [0.05, 0.1) is 22.8 Å². The smallest absolute Gasteiger partial charge is 0.0659 e. The Morgan fingerprint density at radius 2 is 1.33 bits per heavy atom. The molecule has 0 amide bonds. The molecular formula is C25H24N4O. The van der Waals surface area contributed by atoms with Crippen LogP contribution in [0.3, 0.4) is 0 Å². The normalized spacial score (nSPS) is 11.8. The largest absolute Gasteiger partial charge is 0.388 e. The van der Waals surface area contributed by atoms with Crippen LogP contribution in [0.15, 0.2) is 55.1 Å². The van der Waals surface area contributed by atoms with Gasteiger partial charge in [-0.15, -0.1) is 6.58 Å². The van der Waals surface area contributed by atoms with Crippen LogP contribution in [0.25, 0.3) is 46.4 Å². The molecule has 0 radical (unpaired) electrons. The molecule has 0 saturated heterocycles. The van der Waals surface area contributed by atoms with E-state index in [9.17, 15) is 0 Å². The molecule has 8 bridgehead atoms. The fourth-order valence-corrected chi connectivity index (χ4v) is 3.40. The Labute approximate surface area is 175 Å². The van der Waals surface area contributed by atoms with Crippen molar-refractivity contribution < 1.29 is 4.74 Å². The van der Waals surface area contributed by atoms with E-state index in [2.05, 4.69) is 56.6 Å². The van der Waals surface area contributed by atoms with Crippen molar-refractivity contribution in [1.82, 2.24) is 19.9 Å². The Hall–Kier alpha value is -3.70. The van der Waals surface area contributed by atoms with Gasteiger partial charge in [0.15, 0.2) is 0 Å². The number of aromatic amines is 2. The molecule has 2 aliphatic rings. The van der Waals surface area contributed by atoms with E-state index in [0.717, 1.165) is 51.3 Å². The van der Waals surface area contributed by atoms with Crippen LogP contribution < -0.4 is 0 Å². The lowest BCUT2D eigenvalue weighted by molar-refractivity contribution is 0.277. The maximum Gasteiger partial charge on any atom is 0.0659 e. The van der Waals surface area contributed by atoms with Crippen molar-refractivity contribution in [2.24, 2.45) is 0 Å². The standard InChI is InChI=1S/C23H18N4.C2H6O/c1-2-3-15-10-22-13-20-7-6-18(25-20)11-16-4-5-17(24-16)12-19-8-9-21(26-19)14-23(15)27-22;1-3-2/h2,4-14,25,27H,1,3H2;1-2H3. The van der Waals surface area contributed by atoms with Gasteiger partial charge in [-0.1, -0.05) is 6.08 Å². The summed E-state index contributed by atoms with van der Waals surface area (Å²) in [6.07, 6.45) is 10.8. The summed E-state index contributed by atoms with van der Waals surface area (Å²) in [5, 5.41) is 0. The van der Waals surface area contributed by atoms with E-state index in [1.54, 1.807) is 14.2 Å². The van der Waals surface area contributed by atoms with E-state index < -0.39 is 0 Å². The Morgan fingerprint density at radius 3 is 1.97 bits per heavy atom. The fraction of sp³-hybridized carbons (Fsp3) is 0.120. The molecule has 5 nitrogen and oxygen atoms in total. The van der Waals surface area contributed by atoms with Gasteiger partial charge < -0.3 is 14.7 Å². The quantitative estimate of drug-likeness (QED) is 0.379. The first-order chi connectivity index (χ1) is 14.7. The zero-order valence-corrected chi connectivity index (χ0v) is 17.1. The van der Waals surface area contributed by atoms with E-state index in [1.165, 1.54) is 5.56 Å². The van der Waals surface area contributed by atoms with Crippen LogP contribution in [0, 0.1) is 0 Å². The van der Waals surface area contributed by atoms with Crippen LogP contribution in [-0.4, -0.2) is 34.2 Å². The Morgan fingerprint density at radius 1 is 0.767 bits per heavy atom. The van der Waals surface area contributed by atoms with E-state index in [-0.39, 0.29) is 0 Å². The molecule has 2 aliphatic heterocycles. The molecule has 5 heterocycles. The van der Waals surface area contributed by atoms with Crippen molar-refractivity contribution in [2.45, 2.75) is 6.42 Å². The van der Waals surface area contributed by atoms with Gasteiger partial charge in [0.1, 0.15) is 0 Å². The zero-order chi connectivity index (χ0) is 20.9. The van der Waals surface area contributed by atoms with E-state index in [1.807, 2.05) is 42.5 Å². The topological polar surface area (TPSA) is 66.6 Å².